The summed E-state index contributed by atoms with van der Waals surface area (Å²) >= 11 is 6.32. The van der Waals surface area contributed by atoms with Crippen LogP contribution in [-0.2, 0) is 0 Å². The zero-order valence-corrected chi connectivity index (χ0v) is 17.7. The minimum Gasteiger partial charge on any atom is -0.459 e. The van der Waals surface area contributed by atoms with Crippen LogP contribution < -0.4 is 10.6 Å². The molecule has 2 heterocycles. The quantitative estimate of drug-likeness (QED) is 0.414. The molecular weight excluding hydrogens is 414 g/mol. The van der Waals surface area contributed by atoms with Crippen molar-refractivity contribution in [1.82, 2.24) is 4.57 Å². The monoisotopic (exact) mass is 433 g/mol. The summed E-state index contributed by atoms with van der Waals surface area (Å²) in [6.45, 7) is 4.01. The number of halogens is 1. The first-order chi connectivity index (χ1) is 14.9. The summed E-state index contributed by atoms with van der Waals surface area (Å²) in [7, 11) is 0. The molecule has 7 heteroatoms. The normalized spacial score (nSPS) is 10.7. The van der Waals surface area contributed by atoms with Crippen molar-refractivity contribution in [3.63, 3.8) is 0 Å². The van der Waals surface area contributed by atoms with E-state index in [0.29, 0.717) is 22.0 Å². The number of carbonyl (C=O) groups excluding carboxylic acids is 2. The first-order valence-corrected chi connectivity index (χ1v) is 10.0. The number of rotatable bonds is 5. The van der Waals surface area contributed by atoms with Gasteiger partial charge in [0.15, 0.2) is 5.76 Å². The van der Waals surface area contributed by atoms with Gasteiger partial charge in [-0.3, -0.25) is 9.59 Å². The predicted octanol–water partition coefficient (Wildman–Crippen LogP) is 5.85. The Morgan fingerprint density at radius 1 is 0.839 bits per heavy atom. The molecule has 31 heavy (non-hydrogen) atoms. The summed E-state index contributed by atoms with van der Waals surface area (Å²) in [4.78, 5) is 25.1. The Labute approximate surface area is 184 Å². The van der Waals surface area contributed by atoms with Crippen LogP contribution in [0.2, 0.25) is 5.02 Å². The molecule has 0 fully saturated rings. The van der Waals surface area contributed by atoms with Crippen molar-refractivity contribution < 1.29 is 14.0 Å². The lowest BCUT2D eigenvalue weighted by Gasteiger charge is -2.13. The first-order valence-electron chi connectivity index (χ1n) is 9.63. The summed E-state index contributed by atoms with van der Waals surface area (Å²) in [6, 6.07) is 19.5. The van der Waals surface area contributed by atoms with Gasteiger partial charge in [-0.1, -0.05) is 17.7 Å². The lowest BCUT2D eigenvalue weighted by Crippen LogP contribution is -2.14. The average Bonchev–Trinajstić information content (AvgIpc) is 3.39. The number of amides is 2. The van der Waals surface area contributed by atoms with E-state index in [1.165, 1.54) is 6.26 Å². The Morgan fingerprint density at radius 2 is 1.52 bits per heavy atom. The van der Waals surface area contributed by atoms with Crippen LogP contribution in [0.4, 0.5) is 11.4 Å². The van der Waals surface area contributed by atoms with Crippen molar-refractivity contribution >= 4 is 34.8 Å². The van der Waals surface area contributed by atoms with Gasteiger partial charge in [-0.2, -0.15) is 0 Å². The van der Waals surface area contributed by atoms with Crippen molar-refractivity contribution in [3.05, 3.63) is 101 Å². The van der Waals surface area contributed by atoms with Crippen LogP contribution in [0.5, 0.6) is 0 Å². The minimum atomic E-state index is -0.373. The summed E-state index contributed by atoms with van der Waals surface area (Å²) in [5.74, 6) is -0.515. The zero-order valence-electron chi connectivity index (χ0n) is 17.0. The molecule has 2 aromatic heterocycles. The van der Waals surface area contributed by atoms with Gasteiger partial charge < -0.3 is 19.6 Å². The van der Waals surface area contributed by atoms with E-state index in [1.807, 2.05) is 32.0 Å². The van der Waals surface area contributed by atoms with E-state index in [2.05, 4.69) is 15.2 Å². The maximum atomic E-state index is 12.9. The van der Waals surface area contributed by atoms with Gasteiger partial charge in [0.05, 0.1) is 16.8 Å². The average molecular weight is 434 g/mol. The molecule has 0 saturated carbocycles. The van der Waals surface area contributed by atoms with Crippen LogP contribution in [0.1, 0.15) is 32.3 Å². The van der Waals surface area contributed by atoms with Gasteiger partial charge in [-0.25, -0.2) is 0 Å². The van der Waals surface area contributed by atoms with Crippen molar-refractivity contribution in [2.45, 2.75) is 13.8 Å². The zero-order chi connectivity index (χ0) is 22.0. The van der Waals surface area contributed by atoms with Gasteiger partial charge in [0, 0.05) is 28.5 Å². The molecule has 0 saturated heterocycles. The van der Waals surface area contributed by atoms with Gasteiger partial charge in [-0.15, -0.1) is 0 Å². The number of nitrogens with one attached hydrogen (secondary N) is 2. The molecule has 0 aliphatic carbocycles. The van der Waals surface area contributed by atoms with Gasteiger partial charge in [-0.05, 0) is 74.5 Å². The third kappa shape index (κ3) is 4.39. The smallest absolute Gasteiger partial charge is 0.291 e. The highest BCUT2D eigenvalue weighted by atomic mass is 35.5. The highest BCUT2D eigenvalue weighted by molar-refractivity contribution is 6.34. The van der Waals surface area contributed by atoms with Crippen LogP contribution in [0.15, 0.2) is 77.4 Å². The van der Waals surface area contributed by atoms with Crippen LogP contribution in [0.25, 0.3) is 5.69 Å². The number of aryl methyl sites for hydroxylation is 2. The highest BCUT2D eigenvalue weighted by Gasteiger charge is 2.15. The third-order valence-corrected chi connectivity index (χ3v) is 5.18. The second-order valence-electron chi connectivity index (χ2n) is 7.08. The van der Waals surface area contributed by atoms with Gasteiger partial charge in [0.1, 0.15) is 0 Å². The number of anilines is 2. The lowest BCUT2D eigenvalue weighted by molar-refractivity contribution is 0.0995. The fraction of sp³-hybridized carbons (Fsp3) is 0.0833. The highest BCUT2D eigenvalue weighted by Crippen LogP contribution is 2.24. The third-order valence-electron chi connectivity index (χ3n) is 4.85. The van der Waals surface area contributed by atoms with Gasteiger partial charge in [0.25, 0.3) is 11.8 Å². The van der Waals surface area contributed by atoms with Crippen molar-refractivity contribution in [3.8, 4) is 5.69 Å². The fourth-order valence-corrected chi connectivity index (χ4v) is 3.58. The fourth-order valence-electron chi connectivity index (χ4n) is 3.38. The molecule has 0 spiro atoms. The molecule has 2 N–H and O–H groups in total. The van der Waals surface area contributed by atoms with Crippen LogP contribution >= 0.6 is 11.6 Å². The Hall–Kier alpha value is -3.77. The van der Waals surface area contributed by atoms with Crippen molar-refractivity contribution in [2.24, 2.45) is 0 Å². The van der Waals surface area contributed by atoms with Gasteiger partial charge in [0.2, 0.25) is 0 Å². The van der Waals surface area contributed by atoms with E-state index >= 15 is 0 Å². The van der Waals surface area contributed by atoms with E-state index in [4.69, 9.17) is 16.0 Å². The summed E-state index contributed by atoms with van der Waals surface area (Å²) in [6.07, 6.45) is 1.43. The SMILES string of the molecule is Cc1ccc(C)n1-c1ccc(Cl)c(C(=O)Nc2cccc(NC(=O)c3ccco3)c2)c1. The van der Waals surface area contributed by atoms with Crippen LogP contribution in [-0.4, -0.2) is 16.4 Å². The molecule has 0 aliphatic heterocycles. The van der Waals surface area contributed by atoms with E-state index in [9.17, 15) is 9.59 Å². The van der Waals surface area contributed by atoms with Crippen molar-refractivity contribution in [1.29, 1.82) is 0 Å². The number of benzene rings is 2. The van der Waals surface area contributed by atoms with Crippen LogP contribution in [0.3, 0.4) is 0 Å². The molecule has 0 atom stereocenters. The topological polar surface area (TPSA) is 76.3 Å². The number of aromatic nitrogens is 1. The molecule has 0 aliphatic rings. The molecule has 4 rings (SSSR count). The molecule has 4 aromatic rings. The maximum Gasteiger partial charge on any atom is 0.291 e. The van der Waals surface area contributed by atoms with Crippen LogP contribution in [0, 0.1) is 13.8 Å². The molecule has 0 unspecified atom stereocenters. The molecule has 6 nitrogen and oxygen atoms in total. The summed E-state index contributed by atoms with van der Waals surface area (Å²) in [5.41, 5.74) is 4.39. The van der Waals surface area contributed by atoms with Gasteiger partial charge >= 0.3 is 0 Å². The molecule has 2 aromatic carbocycles. The molecule has 0 radical (unpaired) electrons. The molecular formula is C24H20ClN3O3. The summed E-state index contributed by atoms with van der Waals surface area (Å²) in [5, 5.41) is 5.93. The predicted molar refractivity (Wildman–Crippen MR) is 121 cm³/mol. The number of hydrogen-bond donors (Lipinski definition) is 2. The maximum absolute atomic E-state index is 12.9. The standard InChI is InChI=1S/C24H20ClN3O3/c1-15-8-9-16(2)28(15)19-10-11-21(25)20(14-19)23(29)26-17-5-3-6-18(13-17)27-24(30)22-7-4-12-31-22/h3-14H,1-2H3,(H,26,29)(H,27,30). The summed E-state index contributed by atoms with van der Waals surface area (Å²) < 4.78 is 7.15. The second kappa shape index (κ2) is 8.53. The van der Waals surface area contributed by atoms with E-state index in [1.54, 1.807) is 48.5 Å². The Bertz CT molecular complexity index is 1240. The first kappa shape index (κ1) is 20.5. The Kier molecular flexibility index (Phi) is 5.64. The number of carbonyl (C=O) groups is 2. The van der Waals surface area contributed by atoms with E-state index in [0.717, 1.165) is 17.1 Å². The Balaban J connectivity index is 1.55. The number of nitrogens with zero attached hydrogens (tertiary/aromatic N) is 1. The number of hydrogen-bond acceptors (Lipinski definition) is 3. The molecule has 2 amide bonds. The minimum absolute atomic E-state index is 0.202. The second-order valence-corrected chi connectivity index (χ2v) is 7.49. The van der Waals surface area contributed by atoms with Crippen molar-refractivity contribution in [2.75, 3.05) is 10.6 Å². The largest absolute Gasteiger partial charge is 0.459 e. The molecule has 0 bridgehead atoms. The Morgan fingerprint density at radius 3 is 2.16 bits per heavy atom. The molecule has 156 valence electrons. The van der Waals surface area contributed by atoms with E-state index in [-0.39, 0.29) is 17.6 Å². The number of furan rings is 1. The van der Waals surface area contributed by atoms with E-state index < -0.39 is 0 Å². The lowest BCUT2D eigenvalue weighted by atomic mass is 10.1.